The van der Waals surface area contributed by atoms with Crippen molar-refractivity contribution in [3.05, 3.63) is 0 Å². The van der Waals surface area contributed by atoms with E-state index >= 15 is 0 Å². The summed E-state index contributed by atoms with van der Waals surface area (Å²) in [5, 5.41) is 9.16. The molecule has 0 aromatic carbocycles. The van der Waals surface area contributed by atoms with Crippen LogP contribution in [0.4, 0.5) is 4.79 Å². The Balaban J connectivity index is 2.03. The Kier molecular flexibility index (Phi) is 4.32. The van der Waals surface area contributed by atoms with Gasteiger partial charge < -0.3 is 14.9 Å². The van der Waals surface area contributed by atoms with Crippen molar-refractivity contribution >= 4 is 12.0 Å². The first-order valence-electron chi connectivity index (χ1n) is 7.28. The molecule has 1 N–H and O–H groups in total. The molecule has 108 valence electrons. The van der Waals surface area contributed by atoms with Crippen LogP contribution in [-0.4, -0.2) is 52.6 Å². The lowest BCUT2D eigenvalue weighted by Gasteiger charge is -2.38. The molecule has 2 aliphatic rings. The number of rotatable bonds is 2. The predicted octanol–water partition coefficient (Wildman–Crippen LogP) is 2.17. The second-order valence-corrected chi connectivity index (χ2v) is 5.91. The van der Waals surface area contributed by atoms with Gasteiger partial charge in [0.25, 0.3) is 0 Å². The van der Waals surface area contributed by atoms with Gasteiger partial charge >= 0.3 is 12.0 Å². The van der Waals surface area contributed by atoms with Crippen molar-refractivity contribution in [1.29, 1.82) is 0 Å². The van der Waals surface area contributed by atoms with Crippen LogP contribution in [0.2, 0.25) is 0 Å². The topological polar surface area (TPSA) is 60.9 Å². The Morgan fingerprint density at radius 3 is 2.47 bits per heavy atom. The maximum atomic E-state index is 12.5. The molecule has 1 heterocycles. The van der Waals surface area contributed by atoms with E-state index in [0.29, 0.717) is 18.9 Å². The molecule has 1 saturated carbocycles. The summed E-state index contributed by atoms with van der Waals surface area (Å²) in [6.07, 6.45) is 5.96. The lowest BCUT2D eigenvalue weighted by Crippen LogP contribution is -2.51. The van der Waals surface area contributed by atoms with E-state index in [0.717, 1.165) is 25.7 Å². The number of amides is 2. The average Bonchev–Trinajstić information content (AvgIpc) is 2.87. The summed E-state index contributed by atoms with van der Waals surface area (Å²) in [4.78, 5) is 27.0. The zero-order valence-corrected chi connectivity index (χ0v) is 11.8. The molecule has 19 heavy (non-hydrogen) atoms. The number of urea groups is 1. The molecule has 0 spiro atoms. The summed E-state index contributed by atoms with van der Waals surface area (Å²) >= 11 is 0. The first-order valence-corrected chi connectivity index (χ1v) is 7.28. The third kappa shape index (κ3) is 2.85. The molecule has 1 saturated heterocycles. The lowest BCUT2D eigenvalue weighted by atomic mass is 9.85. The van der Waals surface area contributed by atoms with Crippen LogP contribution in [0, 0.1) is 5.92 Å². The third-order valence-electron chi connectivity index (χ3n) is 4.65. The zero-order valence-electron chi connectivity index (χ0n) is 11.8. The fourth-order valence-electron chi connectivity index (χ4n) is 3.47. The van der Waals surface area contributed by atoms with Gasteiger partial charge in [0.1, 0.15) is 6.04 Å². The van der Waals surface area contributed by atoms with E-state index in [4.69, 9.17) is 5.11 Å². The summed E-state index contributed by atoms with van der Waals surface area (Å²) in [5.74, 6) is -0.371. The monoisotopic (exact) mass is 268 g/mol. The standard InChI is InChI=1S/C14H24N2O3/c1-10-6-3-4-7-11(10)15(2)14(19)16-9-5-8-12(16)13(17)18/h10-12H,3-9H2,1-2H3,(H,17,18). The van der Waals surface area contributed by atoms with Crippen LogP contribution in [0.15, 0.2) is 0 Å². The molecule has 1 aliphatic carbocycles. The van der Waals surface area contributed by atoms with Crippen LogP contribution in [0.25, 0.3) is 0 Å². The fourth-order valence-corrected chi connectivity index (χ4v) is 3.47. The van der Waals surface area contributed by atoms with E-state index in [1.165, 1.54) is 11.3 Å². The van der Waals surface area contributed by atoms with Crippen molar-refractivity contribution < 1.29 is 14.7 Å². The summed E-state index contributed by atoms with van der Waals surface area (Å²) < 4.78 is 0. The minimum absolute atomic E-state index is 0.108. The molecular weight excluding hydrogens is 244 g/mol. The maximum Gasteiger partial charge on any atom is 0.326 e. The molecule has 2 rings (SSSR count). The predicted molar refractivity (Wildman–Crippen MR) is 71.9 cm³/mol. The zero-order chi connectivity index (χ0) is 14.0. The van der Waals surface area contributed by atoms with Gasteiger partial charge in [0.05, 0.1) is 0 Å². The molecular formula is C14H24N2O3. The van der Waals surface area contributed by atoms with Crippen LogP contribution in [0.5, 0.6) is 0 Å². The van der Waals surface area contributed by atoms with E-state index in [-0.39, 0.29) is 12.1 Å². The van der Waals surface area contributed by atoms with Gasteiger partial charge in [-0.15, -0.1) is 0 Å². The molecule has 2 fully saturated rings. The number of carbonyl (C=O) groups excluding carboxylic acids is 1. The van der Waals surface area contributed by atoms with Crippen LogP contribution in [-0.2, 0) is 4.79 Å². The highest BCUT2D eigenvalue weighted by atomic mass is 16.4. The molecule has 5 heteroatoms. The minimum atomic E-state index is -0.879. The van der Waals surface area contributed by atoms with Crippen molar-refractivity contribution in [3.8, 4) is 0 Å². The fraction of sp³-hybridized carbons (Fsp3) is 0.857. The van der Waals surface area contributed by atoms with E-state index in [9.17, 15) is 9.59 Å². The molecule has 3 atom stereocenters. The molecule has 0 radical (unpaired) electrons. The second kappa shape index (κ2) is 5.80. The first-order chi connectivity index (χ1) is 9.02. The molecule has 1 aliphatic heterocycles. The molecule has 5 nitrogen and oxygen atoms in total. The van der Waals surface area contributed by atoms with Gasteiger partial charge in [-0.25, -0.2) is 9.59 Å². The number of carboxylic acid groups (broad SMARTS) is 1. The quantitative estimate of drug-likeness (QED) is 0.835. The number of hydrogen-bond acceptors (Lipinski definition) is 2. The number of nitrogens with zero attached hydrogens (tertiary/aromatic N) is 2. The van der Waals surface area contributed by atoms with Crippen LogP contribution >= 0.6 is 0 Å². The smallest absolute Gasteiger partial charge is 0.326 e. The van der Waals surface area contributed by atoms with Gasteiger partial charge in [-0.1, -0.05) is 19.8 Å². The maximum absolute atomic E-state index is 12.5. The largest absolute Gasteiger partial charge is 0.480 e. The third-order valence-corrected chi connectivity index (χ3v) is 4.65. The van der Waals surface area contributed by atoms with Crippen molar-refractivity contribution in [2.45, 2.75) is 57.5 Å². The molecule has 3 unspecified atom stereocenters. The number of aliphatic carboxylic acids is 1. The highest BCUT2D eigenvalue weighted by Gasteiger charge is 2.38. The highest BCUT2D eigenvalue weighted by molar-refractivity contribution is 5.83. The normalized spacial score (nSPS) is 31.3. The van der Waals surface area contributed by atoms with Gasteiger partial charge in [0.2, 0.25) is 0 Å². The van der Waals surface area contributed by atoms with Crippen molar-refractivity contribution in [1.82, 2.24) is 9.80 Å². The van der Waals surface area contributed by atoms with Gasteiger partial charge in [0.15, 0.2) is 0 Å². The lowest BCUT2D eigenvalue weighted by molar-refractivity contribution is -0.141. The summed E-state index contributed by atoms with van der Waals surface area (Å²) in [7, 11) is 1.83. The number of hydrogen-bond donors (Lipinski definition) is 1. The van der Waals surface area contributed by atoms with Gasteiger partial charge in [-0.3, -0.25) is 0 Å². The molecule has 2 amide bonds. The van der Waals surface area contributed by atoms with Crippen molar-refractivity contribution in [3.63, 3.8) is 0 Å². The Morgan fingerprint density at radius 1 is 1.16 bits per heavy atom. The molecule has 0 aromatic rings. The van der Waals surface area contributed by atoms with Gasteiger partial charge in [-0.05, 0) is 31.6 Å². The molecule has 0 aromatic heterocycles. The number of carboxylic acids is 1. The number of likely N-dealkylation sites (tertiary alicyclic amines) is 1. The summed E-state index contributed by atoms with van der Waals surface area (Å²) in [6, 6.07) is -0.478. The SMILES string of the molecule is CC1CCCCC1N(C)C(=O)N1CCCC1C(=O)O. The number of carbonyl (C=O) groups is 2. The van der Waals surface area contributed by atoms with Gasteiger partial charge in [-0.2, -0.15) is 0 Å². The van der Waals surface area contributed by atoms with Gasteiger partial charge in [0, 0.05) is 19.6 Å². The van der Waals surface area contributed by atoms with E-state index in [1.54, 1.807) is 4.90 Å². The Bertz CT molecular complexity index is 359. The highest BCUT2D eigenvalue weighted by Crippen LogP contribution is 2.29. The minimum Gasteiger partial charge on any atom is -0.480 e. The van der Waals surface area contributed by atoms with Crippen LogP contribution < -0.4 is 0 Å². The second-order valence-electron chi connectivity index (χ2n) is 5.91. The van der Waals surface area contributed by atoms with Crippen LogP contribution in [0.3, 0.4) is 0 Å². The van der Waals surface area contributed by atoms with Crippen LogP contribution in [0.1, 0.15) is 45.4 Å². The van der Waals surface area contributed by atoms with Crippen molar-refractivity contribution in [2.75, 3.05) is 13.6 Å². The van der Waals surface area contributed by atoms with E-state index in [1.807, 2.05) is 7.05 Å². The Morgan fingerprint density at radius 2 is 1.84 bits per heavy atom. The van der Waals surface area contributed by atoms with E-state index in [2.05, 4.69) is 6.92 Å². The summed E-state index contributed by atoms with van der Waals surface area (Å²) in [6.45, 7) is 2.76. The van der Waals surface area contributed by atoms with Crippen molar-refractivity contribution in [2.24, 2.45) is 5.92 Å². The first kappa shape index (κ1) is 14.2. The summed E-state index contributed by atoms with van der Waals surface area (Å²) in [5.41, 5.74) is 0. The van der Waals surface area contributed by atoms with E-state index < -0.39 is 12.0 Å². The Hall–Kier alpha value is -1.26. The molecule has 0 bridgehead atoms. The average molecular weight is 268 g/mol. The Labute approximate surface area is 114 Å².